The third kappa shape index (κ3) is 3.25. The molecule has 1 saturated heterocycles. The fourth-order valence-electron chi connectivity index (χ4n) is 2.61. The first-order valence-electron chi connectivity index (χ1n) is 6.72. The fraction of sp³-hybridized carbons (Fsp3) is 0.500. The molecule has 0 unspecified atom stereocenters. The molecule has 1 aromatic rings. The van der Waals surface area contributed by atoms with E-state index >= 15 is 0 Å². The van der Waals surface area contributed by atoms with Gasteiger partial charge in [0.2, 0.25) is 0 Å². The van der Waals surface area contributed by atoms with E-state index in [2.05, 4.69) is 11.4 Å². The summed E-state index contributed by atoms with van der Waals surface area (Å²) in [4.78, 5) is 12.3. The molecule has 20 heavy (non-hydrogen) atoms. The zero-order valence-electron chi connectivity index (χ0n) is 11.5. The summed E-state index contributed by atoms with van der Waals surface area (Å²) in [5.74, 6) is 0.600. The van der Waals surface area contributed by atoms with Crippen molar-refractivity contribution in [1.82, 2.24) is 5.32 Å². The highest BCUT2D eigenvalue weighted by atomic mass is 16.6. The van der Waals surface area contributed by atoms with E-state index in [0.29, 0.717) is 11.5 Å². The maximum absolute atomic E-state index is 10.7. The van der Waals surface area contributed by atoms with E-state index in [1.807, 2.05) is 11.9 Å². The molecule has 0 aromatic heterocycles. The van der Waals surface area contributed by atoms with Crippen LogP contribution in [0.5, 0.6) is 0 Å². The van der Waals surface area contributed by atoms with E-state index in [0.717, 1.165) is 38.2 Å². The third-order valence-corrected chi connectivity index (χ3v) is 3.71. The number of non-ortho nitro benzene ring substituents is 1. The number of piperidine rings is 1. The van der Waals surface area contributed by atoms with Crippen molar-refractivity contribution in [2.45, 2.75) is 12.8 Å². The van der Waals surface area contributed by atoms with Gasteiger partial charge in [-0.05, 0) is 37.9 Å². The molecule has 0 aliphatic carbocycles. The molecule has 106 valence electrons. The van der Waals surface area contributed by atoms with Crippen LogP contribution in [0.1, 0.15) is 18.4 Å². The summed E-state index contributed by atoms with van der Waals surface area (Å²) in [7, 11) is 1.93. The largest absolute Gasteiger partial charge is 0.373 e. The quantitative estimate of drug-likeness (QED) is 0.670. The maximum atomic E-state index is 10.7. The Kier molecular flexibility index (Phi) is 4.53. The Labute approximate surface area is 118 Å². The Morgan fingerprint density at radius 3 is 2.80 bits per heavy atom. The number of nitrogens with one attached hydrogen (secondary N) is 1. The maximum Gasteiger partial charge on any atom is 0.270 e. The van der Waals surface area contributed by atoms with Gasteiger partial charge in [0.1, 0.15) is 6.07 Å². The van der Waals surface area contributed by atoms with Crippen molar-refractivity contribution >= 4 is 11.4 Å². The van der Waals surface area contributed by atoms with Crippen LogP contribution in [-0.4, -0.2) is 31.6 Å². The highest BCUT2D eigenvalue weighted by molar-refractivity contribution is 5.62. The first-order valence-corrected chi connectivity index (χ1v) is 6.72. The van der Waals surface area contributed by atoms with Gasteiger partial charge in [-0.3, -0.25) is 10.1 Å². The minimum atomic E-state index is -0.475. The van der Waals surface area contributed by atoms with Crippen LogP contribution < -0.4 is 10.2 Å². The highest BCUT2D eigenvalue weighted by Gasteiger charge is 2.18. The van der Waals surface area contributed by atoms with E-state index in [4.69, 9.17) is 0 Å². The van der Waals surface area contributed by atoms with Crippen LogP contribution in [0.2, 0.25) is 0 Å². The summed E-state index contributed by atoms with van der Waals surface area (Å²) in [6.45, 7) is 2.93. The molecule has 1 fully saturated rings. The first kappa shape index (κ1) is 14.3. The lowest BCUT2D eigenvalue weighted by atomic mass is 9.97. The fourth-order valence-corrected chi connectivity index (χ4v) is 2.61. The molecule has 6 nitrogen and oxygen atoms in total. The van der Waals surface area contributed by atoms with Gasteiger partial charge >= 0.3 is 0 Å². The third-order valence-electron chi connectivity index (χ3n) is 3.71. The monoisotopic (exact) mass is 274 g/mol. The molecule has 0 atom stereocenters. The molecule has 2 rings (SSSR count). The lowest BCUT2D eigenvalue weighted by Crippen LogP contribution is -2.34. The molecule has 0 saturated carbocycles. The molecule has 1 aliphatic rings. The molecule has 6 heteroatoms. The van der Waals surface area contributed by atoms with Crippen molar-refractivity contribution in [1.29, 1.82) is 5.26 Å². The van der Waals surface area contributed by atoms with E-state index in [-0.39, 0.29) is 5.69 Å². The number of anilines is 1. The molecule has 0 bridgehead atoms. The van der Waals surface area contributed by atoms with Gasteiger partial charge in [0, 0.05) is 25.7 Å². The van der Waals surface area contributed by atoms with Gasteiger partial charge in [0.25, 0.3) is 5.69 Å². The van der Waals surface area contributed by atoms with Crippen molar-refractivity contribution in [3.8, 4) is 6.07 Å². The second-order valence-corrected chi connectivity index (χ2v) is 5.14. The molecule has 0 spiro atoms. The minimum Gasteiger partial charge on any atom is -0.373 e. The SMILES string of the molecule is CN(CC1CCNCC1)c1ccc([N+](=O)[O-])cc1C#N. The lowest BCUT2D eigenvalue weighted by molar-refractivity contribution is -0.384. The second-order valence-electron chi connectivity index (χ2n) is 5.14. The summed E-state index contributed by atoms with van der Waals surface area (Å²) in [6, 6.07) is 6.51. The van der Waals surface area contributed by atoms with Gasteiger partial charge in [-0.15, -0.1) is 0 Å². The summed E-state index contributed by atoms with van der Waals surface area (Å²) < 4.78 is 0. The smallest absolute Gasteiger partial charge is 0.270 e. The van der Waals surface area contributed by atoms with Gasteiger partial charge in [0.15, 0.2) is 0 Å². The van der Waals surface area contributed by atoms with E-state index in [1.54, 1.807) is 6.07 Å². The molecular weight excluding hydrogens is 256 g/mol. The standard InChI is InChI=1S/C14H18N4O2/c1-17(10-11-4-6-16-7-5-11)14-3-2-13(18(19)20)8-12(14)9-15/h2-3,8,11,16H,4-7,10H2,1H3. The average molecular weight is 274 g/mol. The van der Waals surface area contributed by atoms with Gasteiger partial charge < -0.3 is 10.2 Å². The van der Waals surface area contributed by atoms with E-state index < -0.39 is 4.92 Å². The van der Waals surface area contributed by atoms with Gasteiger partial charge in [-0.2, -0.15) is 5.26 Å². The van der Waals surface area contributed by atoms with Gasteiger partial charge in [-0.25, -0.2) is 0 Å². The number of nitrogens with zero attached hydrogens (tertiary/aromatic N) is 3. The highest BCUT2D eigenvalue weighted by Crippen LogP contribution is 2.25. The summed E-state index contributed by atoms with van der Waals surface area (Å²) in [5.41, 5.74) is 1.08. The van der Waals surface area contributed by atoms with Crippen molar-refractivity contribution in [3.05, 3.63) is 33.9 Å². The summed E-state index contributed by atoms with van der Waals surface area (Å²) in [6.07, 6.45) is 2.25. The Bertz CT molecular complexity index is 532. The molecule has 0 amide bonds. The average Bonchev–Trinajstić information content (AvgIpc) is 2.47. The molecule has 1 heterocycles. The summed E-state index contributed by atoms with van der Waals surface area (Å²) >= 11 is 0. The lowest BCUT2D eigenvalue weighted by Gasteiger charge is -2.29. The van der Waals surface area contributed by atoms with Crippen LogP contribution in [0.3, 0.4) is 0 Å². The molecule has 0 radical (unpaired) electrons. The molecule has 1 aliphatic heterocycles. The van der Waals surface area contributed by atoms with Crippen LogP contribution in [-0.2, 0) is 0 Å². The van der Waals surface area contributed by atoms with E-state index in [1.165, 1.54) is 12.1 Å². The molecule has 1 N–H and O–H groups in total. The Balaban J connectivity index is 2.14. The number of nitro benzene ring substituents is 1. The number of nitro groups is 1. The Hall–Kier alpha value is -2.13. The predicted octanol–water partition coefficient (Wildman–Crippen LogP) is 1.90. The van der Waals surface area contributed by atoms with Crippen LogP contribution >= 0.6 is 0 Å². The topological polar surface area (TPSA) is 82.2 Å². The number of rotatable bonds is 4. The summed E-state index contributed by atoms with van der Waals surface area (Å²) in [5, 5.41) is 23.2. The van der Waals surface area contributed by atoms with Crippen molar-refractivity contribution in [2.75, 3.05) is 31.6 Å². The normalized spacial score (nSPS) is 15.6. The zero-order valence-corrected chi connectivity index (χ0v) is 11.5. The van der Waals surface area contributed by atoms with Crippen molar-refractivity contribution < 1.29 is 4.92 Å². The van der Waals surface area contributed by atoms with Gasteiger partial charge in [0.05, 0.1) is 16.2 Å². The second kappa shape index (κ2) is 6.35. The molecule has 1 aromatic carbocycles. The number of benzene rings is 1. The Morgan fingerprint density at radius 2 is 2.20 bits per heavy atom. The predicted molar refractivity (Wildman–Crippen MR) is 76.7 cm³/mol. The van der Waals surface area contributed by atoms with Crippen LogP contribution in [0.15, 0.2) is 18.2 Å². The van der Waals surface area contributed by atoms with Crippen molar-refractivity contribution in [3.63, 3.8) is 0 Å². The number of hydrogen-bond donors (Lipinski definition) is 1. The van der Waals surface area contributed by atoms with Crippen LogP contribution in [0.4, 0.5) is 11.4 Å². The van der Waals surface area contributed by atoms with Crippen molar-refractivity contribution in [2.24, 2.45) is 5.92 Å². The minimum absolute atomic E-state index is 0.0411. The van der Waals surface area contributed by atoms with Crippen LogP contribution in [0.25, 0.3) is 0 Å². The zero-order chi connectivity index (χ0) is 14.5. The number of hydrogen-bond acceptors (Lipinski definition) is 5. The van der Waals surface area contributed by atoms with Crippen LogP contribution in [0, 0.1) is 27.4 Å². The van der Waals surface area contributed by atoms with E-state index in [9.17, 15) is 15.4 Å². The molecular formula is C14H18N4O2. The van der Waals surface area contributed by atoms with Gasteiger partial charge in [-0.1, -0.05) is 0 Å². The number of nitriles is 1. The Morgan fingerprint density at radius 1 is 1.50 bits per heavy atom. The first-order chi connectivity index (χ1) is 9.61.